The van der Waals surface area contributed by atoms with Gasteiger partial charge in [0.05, 0.1) is 73.7 Å². The predicted octanol–water partition coefficient (Wildman–Crippen LogP) is 8.42. The second-order valence-corrected chi connectivity index (χ2v) is 22.5. The van der Waals surface area contributed by atoms with E-state index >= 15 is 0 Å². The van der Waals surface area contributed by atoms with E-state index in [0.29, 0.717) is 83.2 Å². The third-order valence-corrected chi connectivity index (χ3v) is 16.0. The number of tetrazole rings is 1. The van der Waals surface area contributed by atoms with Crippen molar-refractivity contribution in [1.29, 1.82) is 0 Å². The molecule has 0 spiro atoms. The zero-order valence-electron chi connectivity index (χ0n) is 48.2. The Bertz CT molecular complexity index is 4000. The number of carbonyl (C=O) groups excluding carboxylic acids is 4. The van der Waals surface area contributed by atoms with E-state index in [1.54, 1.807) is 86.6 Å². The molecular formula is C65H63Cl2N15O7. The molecule has 6 atom stereocenters. The largest absolute Gasteiger partial charge is 0.492 e. The van der Waals surface area contributed by atoms with Crippen molar-refractivity contribution in [3.05, 3.63) is 237 Å². The quantitative estimate of drug-likeness (QED) is 0.0316. The minimum Gasteiger partial charge on any atom is -0.492 e. The summed E-state index contributed by atoms with van der Waals surface area (Å²) in [4.78, 5) is 67.9. The number of hydrogen-bond donors (Lipinski definition) is 8. The maximum atomic E-state index is 13.5. The summed E-state index contributed by atoms with van der Waals surface area (Å²) in [6.07, 6.45) is 11.8. The highest BCUT2D eigenvalue weighted by Crippen LogP contribution is 2.39. The minimum absolute atomic E-state index is 0.0966. The van der Waals surface area contributed by atoms with Crippen LogP contribution < -0.4 is 42.2 Å². The molecule has 4 aromatic heterocycles. The number of aromatic nitrogens is 9. The van der Waals surface area contributed by atoms with Crippen LogP contribution in [0, 0.1) is 0 Å². The van der Waals surface area contributed by atoms with Gasteiger partial charge >= 0.3 is 0 Å². The number of nitrogens with one attached hydrogen (secondary N) is 6. The SMILES string of the molecule is Cn1nnc(-c2ccc(CC(NC3CCOc4c(C(=O)N[C@@H](Cc5ccc(Cl)cc5)C(N)=O)cccc43)c3cnc[nH]3)cc2)n1.NC(=O)[C@H](Cc1ccc(Cl)cc1)NC(=O)c1cccc2c1OCCC2NC(Cc1ccc(-c2ccno2)cc1)c1cnc[nH]1. The summed E-state index contributed by atoms with van der Waals surface area (Å²) < 4.78 is 17.4. The van der Waals surface area contributed by atoms with Crippen molar-refractivity contribution < 1.29 is 33.2 Å². The van der Waals surface area contributed by atoms with Gasteiger partial charge in [-0.3, -0.25) is 19.2 Å². The van der Waals surface area contributed by atoms with Crippen molar-refractivity contribution >= 4 is 46.8 Å². The Hall–Kier alpha value is -10.0. The number of aromatic amines is 2. The van der Waals surface area contributed by atoms with Crippen molar-refractivity contribution in [3.63, 3.8) is 0 Å². The van der Waals surface area contributed by atoms with E-state index in [9.17, 15) is 19.2 Å². The van der Waals surface area contributed by atoms with Gasteiger partial charge in [-0.1, -0.05) is 125 Å². The Kier molecular flexibility index (Phi) is 19.2. The molecule has 4 amide bonds. The first-order chi connectivity index (χ1) is 43.3. The summed E-state index contributed by atoms with van der Waals surface area (Å²) in [5, 5.41) is 30.4. The van der Waals surface area contributed by atoms with E-state index in [2.05, 4.69) is 86.0 Å². The molecule has 0 aliphatic carbocycles. The number of benzene rings is 6. The Balaban J connectivity index is 0.000000184. The molecule has 10 aromatic rings. The molecule has 0 bridgehead atoms. The molecule has 89 heavy (non-hydrogen) atoms. The highest BCUT2D eigenvalue weighted by Gasteiger charge is 2.32. The number of hydrogen-bond acceptors (Lipinski definition) is 15. The molecule has 22 nitrogen and oxygen atoms in total. The molecule has 0 radical (unpaired) electrons. The summed E-state index contributed by atoms with van der Waals surface area (Å²) in [6, 6.07) is 40.9. The van der Waals surface area contributed by atoms with Crippen LogP contribution in [0.3, 0.4) is 0 Å². The number of rotatable bonds is 22. The molecule has 454 valence electrons. The van der Waals surface area contributed by atoms with E-state index in [0.717, 1.165) is 55.9 Å². The van der Waals surface area contributed by atoms with Gasteiger partial charge < -0.3 is 56.7 Å². The molecular weight excluding hydrogens is 1170 g/mol. The number of amides is 4. The molecule has 0 saturated heterocycles. The fourth-order valence-corrected chi connectivity index (χ4v) is 11.2. The highest BCUT2D eigenvalue weighted by molar-refractivity contribution is 6.30. The minimum atomic E-state index is -0.909. The van der Waals surface area contributed by atoms with Crippen LogP contribution >= 0.6 is 23.2 Å². The normalized spacial score (nSPS) is 15.5. The molecule has 10 N–H and O–H groups in total. The van der Waals surface area contributed by atoms with Crippen molar-refractivity contribution in [2.24, 2.45) is 18.5 Å². The molecule has 6 heterocycles. The Labute approximate surface area is 521 Å². The van der Waals surface area contributed by atoms with Crippen molar-refractivity contribution in [1.82, 2.24) is 66.6 Å². The van der Waals surface area contributed by atoms with Gasteiger partial charge in [0, 0.05) is 88.5 Å². The lowest BCUT2D eigenvalue weighted by Crippen LogP contribution is -2.46. The van der Waals surface area contributed by atoms with E-state index in [1.165, 1.54) is 4.80 Å². The van der Waals surface area contributed by atoms with Gasteiger partial charge in [-0.05, 0) is 76.7 Å². The summed E-state index contributed by atoms with van der Waals surface area (Å²) in [7, 11) is 1.73. The number of para-hydroxylation sites is 2. The van der Waals surface area contributed by atoms with Crippen LogP contribution in [0.1, 0.15) is 102 Å². The number of fused-ring (bicyclic) bond motifs is 2. The van der Waals surface area contributed by atoms with Gasteiger partial charge in [0.2, 0.25) is 17.6 Å². The summed E-state index contributed by atoms with van der Waals surface area (Å²) in [5.74, 6) is 0.122. The first-order valence-corrected chi connectivity index (χ1v) is 29.6. The van der Waals surface area contributed by atoms with Crippen LogP contribution in [0.4, 0.5) is 0 Å². The van der Waals surface area contributed by atoms with Gasteiger partial charge in [0.15, 0.2) is 5.76 Å². The summed E-state index contributed by atoms with van der Waals surface area (Å²) in [6.45, 7) is 0.828. The third kappa shape index (κ3) is 15.2. The fourth-order valence-electron chi connectivity index (χ4n) is 10.9. The number of ether oxygens (including phenoxy) is 2. The predicted molar refractivity (Wildman–Crippen MR) is 332 cm³/mol. The van der Waals surface area contributed by atoms with Gasteiger partial charge in [0.1, 0.15) is 23.6 Å². The van der Waals surface area contributed by atoms with Crippen molar-refractivity contribution in [2.45, 2.75) is 74.8 Å². The van der Waals surface area contributed by atoms with Crippen molar-refractivity contribution in [3.8, 4) is 34.2 Å². The number of nitrogens with zero attached hydrogens (tertiary/aromatic N) is 7. The number of carbonyl (C=O) groups is 4. The Morgan fingerprint density at radius 2 is 1.04 bits per heavy atom. The van der Waals surface area contributed by atoms with E-state index in [1.807, 2.05) is 67.0 Å². The lowest BCUT2D eigenvalue weighted by molar-refractivity contribution is -0.120. The number of imidazole rings is 2. The number of aryl methyl sites for hydroxylation is 1. The van der Waals surface area contributed by atoms with Crippen molar-refractivity contribution in [2.75, 3.05) is 13.2 Å². The van der Waals surface area contributed by atoms with Gasteiger partial charge in [-0.2, -0.15) is 4.80 Å². The molecule has 24 heteroatoms. The lowest BCUT2D eigenvalue weighted by Gasteiger charge is -2.31. The van der Waals surface area contributed by atoms with Crippen LogP contribution in [-0.2, 0) is 42.3 Å². The Morgan fingerprint density at radius 3 is 1.45 bits per heavy atom. The molecule has 2 aliphatic rings. The first kappa shape index (κ1) is 60.7. The molecule has 4 unspecified atom stereocenters. The second-order valence-electron chi connectivity index (χ2n) is 21.6. The summed E-state index contributed by atoms with van der Waals surface area (Å²) in [5.41, 5.74) is 21.3. The number of halogens is 2. The van der Waals surface area contributed by atoms with Crippen LogP contribution in [0.5, 0.6) is 11.5 Å². The lowest BCUT2D eigenvalue weighted by atomic mass is 9.94. The Morgan fingerprint density at radius 1 is 0.596 bits per heavy atom. The average molecular weight is 1240 g/mol. The van der Waals surface area contributed by atoms with Crippen LogP contribution in [0.2, 0.25) is 10.0 Å². The molecule has 0 fully saturated rings. The average Bonchev–Trinajstić information content (AvgIpc) is 2.37. The molecule has 2 aliphatic heterocycles. The molecule has 6 aromatic carbocycles. The zero-order valence-corrected chi connectivity index (χ0v) is 49.7. The maximum absolute atomic E-state index is 13.5. The van der Waals surface area contributed by atoms with E-state index < -0.39 is 35.7 Å². The van der Waals surface area contributed by atoms with Gasteiger partial charge in [-0.25, -0.2) is 9.97 Å². The number of primary amides is 2. The van der Waals surface area contributed by atoms with Crippen LogP contribution in [0.25, 0.3) is 22.7 Å². The zero-order chi connectivity index (χ0) is 61.8. The maximum Gasteiger partial charge on any atom is 0.255 e. The van der Waals surface area contributed by atoms with Crippen LogP contribution in [-0.4, -0.2) is 94.2 Å². The van der Waals surface area contributed by atoms with Crippen LogP contribution in [0.15, 0.2) is 175 Å². The first-order valence-electron chi connectivity index (χ1n) is 28.8. The number of H-pyrrole nitrogens is 2. The molecule has 0 saturated carbocycles. The third-order valence-electron chi connectivity index (χ3n) is 15.5. The second kappa shape index (κ2) is 28.2. The monoisotopic (exact) mass is 1240 g/mol. The van der Waals surface area contributed by atoms with E-state index in [-0.39, 0.29) is 37.0 Å². The molecule has 12 rings (SSSR count). The summed E-state index contributed by atoms with van der Waals surface area (Å²) >= 11 is 12.0. The van der Waals surface area contributed by atoms with Gasteiger partial charge in [0.25, 0.3) is 11.8 Å². The highest BCUT2D eigenvalue weighted by atomic mass is 35.5. The van der Waals surface area contributed by atoms with Gasteiger partial charge in [-0.15, -0.1) is 10.2 Å². The topological polar surface area (TPSA) is 314 Å². The fraction of sp³-hybridized carbons (Fsp3) is 0.231. The standard InChI is InChI=1S/C33H31ClN6O4.C32H32ClN9O3/c34-23-10-6-21(7-11-23)17-28(32(35)41)40-33(42)25-3-1-2-24-26(13-15-43-31(24)25)39-27(29-18-36-19-37-29)16-20-4-8-22(9-5-20)30-12-14-38-44-30;1-42-40-31(39-41-42)21-9-5-19(6-10-21)15-26(28-17-35-18-36-28)37-25-13-14-45-29-23(25)3-2-4-24(29)32(44)38-27(30(34)43)16-20-7-11-22(33)12-8-20/h1-12,14,18-19,26-28,39H,13,15-17H2,(H2,35,41)(H,36,37)(H,40,42);2-12,17-18,25-27,37H,13-16H2,1H3,(H2,34,43)(H,35,36)(H,38,44)/t26?,27?,28-;25?,26?,27-/m00/s1. The van der Waals surface area contributed by atoms with E-state index in [4.69, 9.17) is 48.7 Å². The number of nitrogens with two attached hydrogens (primary N) is 2. The smallest absolute Gasteiger partial charge is 0.255 e.